The second kappa shape index (κ2) is 6.38. The van der Waals surface area contributed by atoms with Gasteiger partial charge in [0.05, 0.1) is 0 Å². The summed E-state index contributed by atoms with van der Waals surface area (Å²) >= 11 is 13.6. The van der Waals surface area contributed by atoms with Gasteiger partial charge in [0.15, 0.2) is 5.17 Å². The van der Waals surface area contributed by atoms with Crippen molar-refractivity contribution in [3.63, 3.8) is 0 Å². The topological polar surface area (TPSA) is 15.6 Å². The minimum absolute atomic E-state index is 0.663. The van der Waals surface area contributed by atoms with E-state index in [1.54, 1.807) is 24.9 Å². The van der Waals surface area contributed by atoms with Gasteiger partial charge in [0.25, 0.3) is 0 Å². The fourth-order valence-corrected chi connectivity index (χ4v) is 2.65. The lowest BCUT2D eigenvalue weighted by Crippen LogP contribution is -2.18. The van der Waals surface area contributed by atoms with Crippen LogP contribution in [-0.2, 0) is 5.75 Å². The molecule has 2 nitrogen and oxygen atoms in total. The van der Waals surface area contributed by atoms with Crippen LogP contribution in [0.4, 0.5) is 0 Å². The van der Waals surface area contributed by atoms with E-state index in [-0.39, 0.29) is 0 Å². The van der Waals surface area contributed by atoms with Crippen LogP contribution in [-0.4, -0.2) is 31.2 Å². The Kier molecular flexibility index (Phi) is 5.46. The van der Waals surface area contributed by atoms with Crippen LogP contribution in [0.15, 0.2) is 23.2 Å². The Morgan fingerprint density at radius 1 is 1.38 bits per heavy atom. The van der Waals surface area contributed by atoms with Gasteiger partial charge in [-0.05, 0) is 17.7 Å². The van der Waals surface area contributed by atoms with Crippen molar-refractivity contribution in [2.45, 2.75) is 5.75 Å². The smallest absolute Gasteiger partial charge is 0.158 e. The molecule has 5 heteroatoms. The number of hydrogen-bond acceptors (Lipinski definition) is 2. The van der Waals surface area contributed by atoms with E-state index in [2.05, 4.69) is 4.99 Å². The number of hydrogen-bond donors (Lipinski definition) is 0. The molecule has 0 heterocycles. The Morgan fingerprint density at radius 2 is 2.06 bits per heavy atom. The Balaban J connectivity index is 2.68. The van der Waals surface area contributed by atoms with E-state index in [0.717, 1.165) is 16.5 Å². The second-order valence-corrected chi connectivity index (χ2v) is 5.21. The summed E-state index contributed by atoms with van der Waals surface area (Å²) in [5.41, 5.74) is 1.07. The predicted molar refractivity (Wildman–Crippen MR) is 74.8 cm³/mol. The summed E-state index contributed by atoms with van der Waals surface area (Å²) in [5, 5.41) is 2.34. The molecule has 0 aromatic heterocycles. The summed E-state index contributed by atoms with van der Waals surface area (Å²) in [4.78, 5) is 6.17. The van der Waals surface area contributed by atoms with Gasteiger partial charge in [0.2, 0.25) is 0 Å². The number of aliphatic imine (C=N–C) groups is 1. The molecule has 0 saturated carbocycles. The highest BCUT2D eigenvalue weighted by Crippen LogP contribution is 2.25. The number of rotatable bonds is 2. The first kappa shape index (κ1) is 13.7. The van der Waals surface area contributed by atoms with Crippen molar-refractivity contribution in [2.75, 3.05) is 21.1 Å². The molecule has 0 saturated heterocycles. The molecule has 0 bridgehead atoms. The highest BCUT2D eigenvalue weighted by Gasteiger charge is 2.05. The first-order valence-corrected chi connectivity index (χ1v) is 6.49. The fraction of sp³-hybridized carbons (Fsp3) is 0.364. The Hall–Kier alpha value is -0.380. The standard InChI is InChI=1S/C11H14Cl2N2S/c1-14-11(15(2)3)16-7-8-4-5-9(12)6-10(8)13/h4-6H,7H2,1-3H3. The van der Waals surface area contributed by atoms with Crippen LogP contribution in [0, 0.1) is 0 Å². The summed E-state index contributed by atoms with van der Waals surface area (Å²) in [6.45, 7) is 0. The average Bonchev–Trinajstić information content (AvgIpc) is 2.21. The molecule has 1 aromatic rings. The van der Waals surface area contributed by atoms with Crippen LogP contribution in [0.5, 0.6) is 0 Å². The van der Waals surface area contributed by atoms with Crippen LogP contribution >= 0.6 is 35.0 Å². The maximum Gasteiger partial charge on any atom is 0.158 e. The lowest BCUT2D eigenvalue weighted by Gasteiger charge is -2.14. The molecule has 0 aliphatic carbocycles. The second-order valence-electron chi connectivity index (χ2n) is 3.43. The minimum atomic E-state index is 0.663. The van der Waals surface area contributed by atoms with Gasteiger partial charge in [-0.25, -0.2) is 0 Å². The van der Waals surface area contributed by atoms with Gasteiger partial charge < -0.3 is 4.90 Å². The molecule has 0 radical (unpaired) electrons. The summed E-state index contributed by atoms with van der Waals surface area (Å²) in [7, 11) is 5.73. The summed E-state index contributed by atoms with van der Waals surface area (Å²) < 4.78 is 0. The predicted octanol–water partition coefficient (Wildman–Crippen LogP) is 3.77. The lowest BCUT2D eigenvalue weighted by molar-refractivity contribution is 0.635. The fourth-order valence-electron chi connectivity index (χ4n) is 1.17. The van der Waals surface area contributed by atoms with E-state index in [1.165, 1.54) is 0 Å². The van der Waals surface area contributed by atoms with E-state index >= 15 is 0 Å². The highest BCUT2D eigenvalue weighted by atomic mass is 35.5. The van der Waals surface area contributed by atoms with E-state index in [0.29, 0.717) is 10.0 Å². The quantitative estimate of drug-likeness (QED) is 0.604. The van der Waals surface area contributed by atoms with Crippen molar-refractivity contribution in [1.82, 2.24) is 4.90 Å². The summed E-state index contributed by atoms with van der Waals surface area (Å²) in [6.07, 6.45) is 0. The van der Waals surface area contributed by atoms with Crippen molar-refractivity contribution < 1.29 is 0 Å². The number of amidine groups is 1. The molecule has 0 aliphatic heterocycles. The summed E-state index contributed by atoms with van der Waals surface area (Å²) in [5.74, 6) is 0.793. The number of benzene rings is 1. The lowest BCUT2D eigenvalue weighted by atomic mass is 10.2. The molecular formula is C11H14Cl2N2S. The molecule has 0 aliphatic rings. The third kappa shape index (κ3) is 3.89. The van der Waals surface area contributed by atoms with Crippen LogP contribution in [0.3, 0.4) is 0 Å². The van der Waals surface area contributed by atoms with Gasteiger partial charge in [-0.15, -0.1) is 0 Å². The van der Waals surface area contributed by atoms with Gasteiger partial charge in [0, 0.05) is 36.9 Å². The van der Waals surface area contributed by atoms with E-state index in [1.807, 2.05) is 31.1 Å². The molecule has 0 spiro atoms. The van der Waals surface area contributed by atoms with Gasteiger partial charge >= 0.3 is 0 Å². The first-order chi connectivity index (χ1) is 7.54. The molecule has 0 amide bonds. The molecule has 16 heavy (non-hydrogen) atoms. The first-order valence-electron chi connectivity index (χ1n) is 4.75. The van der Waals surface area contributed by atoms with Gasteiger partial charge in [0.1, 0.15) is 0 Å². The van der Waals surface area contributed by atoms with Crippen molar-refractivity contribution in [3.05, 3.63) is 33.8 Å². The van der Waals surface area contributed by atoms with Crippen molar-refractivity contribution in [3.8, 4) is 0 Å². The highest BCUT2D eigenvalue weighted by molar-refractivity contribution is 8.13. The molecular weight excluding hydrogens is 263 g/mol. The van der Waals surface area contributed by atoms with Gasteiger partial charge in [-0.2, -0.15) is 0 Å². The van der Waals surface area contributed by atoms with Gasteiger partial charge in [-0.1, -0.05) is 41.0 Å². The van der Waals surface area contributed by atoms with Crippen molar-refractivity contribution in [2.24, 2.45) is 4.99 Å². The normalized spacial score (nSPS) is 11.7. The van der Waals surface area contributed by atoms with E-state index in [4.69, 9.17) is 23.2 Å². The Morgan fingerprint density at radius 3 is 2.56 bits per heavy atom. The SMILES string of the molecule is CN=C(SCc1ccc(Cl)cc1Cl)N(C)C. The van der Waals surface area contributed by atoms with Crippen LogP contribution in [0.1, 0.15) is 5.56 Å². The maximum absolute atomic E-state index is 6.08. The van der Waals surface area contributed by atoms with Crippen molar-refractivity contribution >= 4 is 40.1 Å². The zero-order chi connectivity index (χ0) is 12.1. The molecule has 0 unspecified atom stereocenters. The molecule has 0 N–H and O–H groups in total. The van der Waals surface area contributed by atoms with Crippen LogP contribution < -0.4 is 0 Å². The van der Waals surface area contributed by atoms with E-state index in [9.17, 15) is 0 Å². The number of halogens is 2. The number of thioether (sulfide) groups is 1. The average molecular weight is 277 g/mol. The molecule has 1 aromatic carbocycles. The van der Waals surface area contributed by atoms with Crippen molar-refractivity contribution in [1.29, 1.82) is 0 Å². The van der Waals surface area contributed by atoms with Crippen LogP contribution in [0.25, 0.3) is 0 Å². The third-order valence-electron chi connectivity index (χ3n) is 1.95. The molecule has 1 rings (SSSR count). The Labute approximate surface area is 111 Å². The van der Waals surface area contributed by atoms with Crippen LogP contribution in [0.2, 0.25) is 10.0 Å². The zero-order valence-electron chi connectivity index (χ0n) is 9.50. The molecule has 0 atom stereocenters. The maximum atomic E-state index is 6.08. The zero-order valence-corrected chi connectivity index (χ0v) is 11.8. The van der Waals surface area contributed by atoms with Gasteiger partial charge in [-0.3, -0.25) is 4.99 Å². The minimum Gasteiger partial charge on any atom is -0.358 e. The van der Waals surface area contributed by atoms with E-state index < -0.39 is 0 Å². The summed E-state index contributed by atoms with van der Waals surface area (Å²) in [6, 6.07) is 5.56. The number of nitrogens with zero attached hydrogens (tertiary/aromatic N) is 2. The third-order valence-corrected chi connectivity index (χ3v) is 3.79. The Bertz CT molecular complexity index is 392. The molecule has 0 fully saturated rings. The molecule has 88 valence electrons. The monoisotopic (exact) mass is 276 g/mol. The largest absolute Gasteiger partial charge is 0.358 e.